The van der Waals surface area contributed by atoms with Crippen molar-refractivity contribution in [1.82, 2.24) is 14.9 Å². The highest BCUT2D eigenvalue weighted by atomic mass is 15.1. The van der Waals surface area contributed by atoms with E-state index >= 15 is 0 Å². The molecule has 1 aromatic rings. The number of nitrogens with two attached hydrogens (primary N) is 1. The lowest BCUT2D eigenvalue weighted by atomic mass is 10.1. The third-order valence-corrected chi connectivity index (χ3v) is 2.59. The average Bonchev–Trinajstić information content (AvgIpc) is 2.67. The molecule has 0 radical (unpaired) electrons. The van der Waals surface area contributed by atoms with Crippen LogP contribution in [0.1, 0.15) is 24.6 Å². The van der Waals surface area contributed by atoms with Crippen LogP contribution in [-0.2, 0) is 6.54 Å². The van der Waals surface area contributed by atoms with Gasteiger partial charge < -0.3 is 15.6 Å². The van der Waals surface area contributed by atoms with Gasteiger partial charge in [-0.15, -0.1) is 0 Å². The summed E-state index contributed by atoms with van der Waals surface area (Å²) in [6.07, 6.45) is 6.36. The lowest BCUT2D eigenvalue weighted by molar-refractivity contribution is 0.368. The van der Waals surface area contributed by atoms with Crippen LogP contribution in [0.3, 0.4) is 0 Å². The first-order valence-corrected chi connectivity index (χ1v) is 4.83. The number of aromatic nitrogens is 2. The van der Waals surface area contributed by atoms with Gasteiger partial charge in [-0.3, -0.25) is 0 Å². The maximum absolute atomic E-state index is 5.50. The second-order valence-corrected chi connectivity index (χ2v) is 3.50. The van der Waals surface area contributed by atoms with Crippen molar-refractivity contribution in [2.24, 2.45) is 5.73 Å². The van der Waals surface area contributed by atoms with E-state index in [9.17, 15) is 0 Å². The molecule has 1 fully saturated rings. The number of hydrogen-bond acceptors (Lipinski definition) is 3. The van der Waals surface area contributed by atoms with Gasteiger partial charge in [-0.05, 0) is 25.9 Å². The van der Waals surface area contributed by atoms with Crippen molar-refractivity contribution in [3.05, 3.63) is 18.2 Å². The quantitative estimate of drug-likeness (QED) is 0.686. The van der Waals surface area contributed by atoms with Crippen LogP contribution >= 0.6 is 0 Å². The van der Waals surface area contributed by atoms with Crippen molar-refractivity contribution >= 4 is 0 Å². The molecular weight excluding hydrogens is 164 g/mol. The average molecular weight is 180 g/mol. The topological polar surface area (TPSA) is 55.9 Å². The van der Waals surface area contributed by atoms with Crippen LogP contribution in [0.2, 0.25) is 0 Å². The van der Waals surface area contributed by atoms with Gasteiger partial charge in [-0.25, -0.2) is 4.98 Å². The van der Waals surface area contributed by atoms with Crippen molar-refractivity contribution in [2.75, 3.05) is 13.1 Å². The smallest absolute Gasteiger partial charge is 0.0952 e. The molecule has 1 aromatic heterocycles. The van der Waals surface area contributed by atoms with E-state index < -0.39 is 0 Å². The maximum Gasteiger partial charge on any atom is 0.0952 e. The Morgan fingerprint density at radius 3 is 2.92 bits per heavy atom. The Morgan fingerprint density at radius 2 is 2.31 bits per heavy atom. The summed E-state index contributed by atoms with van der Waals surface area (Å²) >= 11 is 0. The molecule has 4 heteroatoms. The van der Waals surface area contributed by atoms with Gasteiger partial charge >= 0.3 is 0 Å². The number of nitrogens with zero attached hydrogens (tertiary/aromatic N) is 2. The van der Waals surface area contributed by atoms with Crippen LogP contribution in [0.4, 0.5) is 0 Å². The monoisotopic (exact) mass is 180 g/mol. The summed E-state index contributed by atoms with van der Waals surface area (Å²) in [5.74, 6) is 0. The predicted octanol–water partition coefficient (Wildman–Crippen LogP) is 0.266. The molecule has 1 aliphatic rings. The summed E-state index contributed by atoms with van der Waals surface area (Å²) in [7, 11) is 0. The molecule has 0 aromatic carbocycles. The number of hydrogen-bond donors (Lipinski definition) is 2. The zero-order chi connectivity index (χ0) is 9.10. The Labute approximate surface area is 78.1 Å². The molecule has 4 nitrogen and oxygen atoms in total. The van der Waals surface area contributed by atoms with Crippen molar-refractivity contribution in [3.63, 3.8) is 0 Å². The Morgan fingerprint density at radius 1 is 1.54 bits per heavy atom. The Hall–Kier alpha value is -0.870. The summed E-state index contributed by atoms with van der Waals surface area (Å²) in [6.45, 7) is 2.76. The van der Waals surface area contributed by atoms with E-state index in [1.54, 1.807) is 0 Å². The van der Waals surface area contributed by atoms with E-state index in [0.717, 1.165) is 18.8 Å². The van der Waals surface area contributed by atoms with Crippen LogP contribution in [0.25, 0.3) is 0 Å². The van der Waals surface area contributed by atoms with Crippen LogP contribution in [0, 0.1) is 0 Å². The Kier molecular flexibility index (Phi) is 2.61. The summed E-state index contributed by atoms with van der Waals surface area (Å²) in [4.78, 5) is 4.23. The number of piperidine rings is 1. The van der Waals surface area contributed by atoms with Crippen LogP contribution in [0.5, 0.6) is 0 Å². The molecular formula is C9H16N4. The largest absolute Gasteiger partial charge is 0.334 e. The first-order valence-electron chi connectivity index (χ1n) is 4.83. The maximum atomic E-state index is 5.50. The molecule has 1 aliphatic heterocycles. The Bertz CT molecular complexity index is 262. The molecule has 1 saturated heterocycles. The van der Waals surface area contributed by atoms with E-state index in [4.69, 9.17) is 5.73 Å². The summed E-state index contributed by atoms with van der Waals surface area (Å²) < 4.78 is 2.20. The normalized spacial score (nSPS) is 19.2. The van der Waals surface area contributed by atoms with Crippen LogP contribution in [0.15, 0.2) is 12.5 Å². The first kappa shape index (κ1) is 8.72. The third-order valence-electron chi connectivity index (χ3n) is 2.59. The lowest BCUT2D eigenvalue weighted by Crippen LogP contribution is -2.28. The SMILES string of the molecule is NCc1cn(C2CCNCC2)cn1. The van der Waals surface area contributed by atoms with Crippen LogP contribution < -0.4 is 11.1 Å². The zero-order valence-electron chi connectivity index (χ0n) is 7.74. The van der Waals surface area contributed by atoms with Gasteiger partial charge in [0.15, 0.2) is 0 Å². The van der Waals surface area contributed by atoms with Crippen molar-refractivity contribution in [1.29, 1.82) is 0 Å². The van der Waals surface area contributed by atoms with Crippen molar-refractivity contribution in [3.8, 4) is 0 Å². The minimum absolute atomic E-state index is 0.540. The van der Waals surface area contributed by atoms with Gasteiger partial charge in [-0.2, -0.15) is 0 Å². The van der Waals surface area contributed by atoms with E-state index in [2.05, 4.69) is 21.1 Å². The van der Waals surface area contributed by atoms with Gasteiger partial charge in [0.2, 0.25) is 0 Å². The number of imidazole rings is 1. The van der Waals surface area contributed by atoms with Gasteiger partial charge in [0.1, 0.15) is 0 Å². The molecule has 2 rings (SSSR count). The van der Waals surface area contributed by atoms with E-state index in [1.165, 1.54) is 12.8 Å². The second-order valence-electron chi connectivity index (χ2n) is 3.50. The summed E-state index contributed by atoms with van der Waals surface area (Å²) in [5.41, 5.74) is 6.49. The van der Waals surface area contributed by atoms with Crippen LogP contribution in [-0.4, -0.2) is 22.6 Å². The number of rotatable bonds is 2. The molecule has 3 N–H and O–H groups in total. The Balaban J connectivity index is 2.05. The fourth-order valence-corrected chi connectivity index (χ4v) is 1.79. The van der Waals surface area contributed by atoms with Crippen molar-refractivity contribution < 1.29 is 0 Å². The fraction of sp³-hybridized carbons (Fsp3) is 0.667. The standard InChI is InChI=1S/C9H16N4/c10-5-8-6-13(7-12-8)9-1-3-11-4-2-9/h6-7,9,11H,1-5,10H2. The molecule has 0 spiro atoms. The highest BCUT2D eigenvalue weighted by Crippen LogP contribution is 2.18. The molecule has 2 heterocycles. The van der Waals surface area contributed by atoms with Gasteiger partial charge in [-0.1, -0.05) is 0 Å². The number of nitrogens with one attached hydrogen (secondary N) is 1. The van der Waals surface area contributed by atoms with Crippen molar-refractivity contribution in [2.45, 2.75) is 25.4 Å². The highest BCUT2D eigenvalue weighted by molar-refractivity contribution is 4.97. The molecule has 72 valence electrons. The van der Waals surface area contributed by atoms with Gasteiger partial charge in [0, 0.05) is 18.8 Å². The minimum Gasteiger partial charge on any atom is -0.334 e. The summed E-state index contributed by atoms with van der Waals surface area (Å²) in [5, 5.41) is 3.35. The zero-order valence-corrected chi connectivity index (χ0v) is 7.74. The van der Waals surface area contributed by atoms with Gasteiger partial charge in [0.05, 0.1) is 12.0 Å². The third kappa shape index (κ3) is 1.89. The fourth-order valence-electron chi connectivity index (χ4n) is 1.79. The predicted molar refractivity (Wildman–Crippen MR) is 51.3 cm³/mol. The molecule has 0 aliphatic carbocycles. The molecule has 0 atom stereocenters. The second kappa shape index (κ2) is 3.89. The summed E-state index contributed by atoms with van der Waals surface area (Å²) in [6, 6.07) is 0.619. The molecule has 0 bridgehead atoms. The molecule has 0 saturated carbocycles. The lowest BCUT2D eigenvalue weighted by Gasteiger charge is -2.23. The van der Waals surface area contributed by atoms with E-state index in [-0.39, 0.29) is 0 Å². The first-order chi connectivity index (χ1) is 6.40. The van der Waals surface area contributed by atoms with E-state index in [1.807, 2.05) is 6.33 Å². The highest BCUT2D eigenvalue weighted by Gasteiger charge is 2.14. The molecule has 0 unspecified atom stereocenters. The molecule has 13 heavy (non-hydrogen) atoms. The van der Waals surface area contributed by atoms with E-state index in [0.29, 0.717) is 12.6 Å². The minimum atomic E-state index is 0.540. The molecule has 0 amide bonds. The van der Waals surface area contributed by atoms with Gasteiger partial charge in [0.25, 0.3) is 0 Å².